The van der Waals surface area contributed by atoms with Crippen molar-refractivity contribution in [3.63, 3.8) is 0 Å². The van der Waals surface area contributed by atoms with Crippen LogP contribution in [-0.2, 0) is 13.1 Å². The van der Waals surface area contributed by atoms with Crippen LogP contribution in [0, 0.1) is 0 Å². The first kappa shape index (κ1) is 27.1. The lowest BCUT2D eigenvalue weighted by Gasteiger charge is -2.32. The fraction of sp³-hybridized carbons (Fsp3) is 0.357. The van der Waals surface area contributed by atoms with Gasteiger partial charge < -0.3 is 24.8 Å². The molecule has 0 spiro atoms. The van der Waals surface area contributed by atoms with Gasteiger partial charge >= 0.3 is 0 Å². The minimum atomic E-state index is -0.264. The van der Waals surface area contributed by atoms with Crippen LogP contribution in [0.25, 0.3) is 21.0 Å². The van der Waals surface area contributed by atoms with Gasteiger partial charge in [-0.1, -0.05) is 18.2 Å². The molecule has 0 radical (unpaired) electrons. The van der Waals surface area contributed by atoms with Crippen LogP contribution in [0.4, 0.5) is 0 Å². The van der Waals surface area contributed by atoms with Crippen LogP contribution in [0.2, 0.25) is 0 Å². The van der Waals surface area contributed by atoms with Crippen LogP contribution in [0.5, 0.6) is 5.75 Å². The number of nitrogens with one attached hydrogen (secondary N) is 2. The molecule has 7 nitrogen and oxygen atoms in total. The van der Waals surface area contributed by atoms with Gasteiger partial charge in [-0.25, -0.2) is 0 Å². The van der Waals surface area contributed by atoms with E-state index in [0.29, 0.717) is 23.9 Å². The lowest BCUT2D eigenvalue weighted by Crippen LogP contribution is -2.43. The fourth-order valence-electron chi connectivity index (χ4n) is 5.01. The third-order valence-electron chi connectivity index (χ3n) is 7.06. The number of rotatable bonds is 8. The maximum absolute atomic E-state index is 13.0. The van der Waals surface area contributed by atoms with Crippen LogP contribution in [0.15, 0.2) is 59.4 Å². The quantitative estimate of drug-likeness (QED) is 0.349. The summed E-state index contributed by atoms with van der Waals surface area (Å²) in [5.74, 6) is 0.398. The van der Waals surface area contributed by atoms with Gasteiger partial charge in [-0.3, -0.25) is 9.59 Å². The first-order chi connectivity index (χ1) is 17.6. The minimum absolute atomic E-state index is 0. The number of amides is 1. The molecule has 2 N–H and O–H groups in total. The Hall–Kier alpha value is -2.91. The van der Waals surface area contributed by atoms with Crippen LogP contribution in [0.3, 0.4) is 0 Å². The van der Waals surface area contributed by atoms with Gasteiger partial charge in [-0.2, -0.15) is 0 Å². The molecule has 1 aliphatic heterocycles. The molecule has 37 heavy (non-hydrogen) atoms. The van der Waals surface area contributed by atoms with Crippen molar-refractivity contribution >= 4 is 50.6 Å². The fourth-order valence-corrected chi connectivity index (χ4v) is 6.03. The Morgan fingerprint density at radius 2 is 1.86 bits per heavy atom. The number of pyridine rings is 1. The molecule has 0 saturated carbocycles. The number of halogens is 1. The molecule has 4 aromatic rings. The zero-order chi connectivity index (χ0) is 25.1. The number of thiophene rings is 1. The maximum atomic E-state index is 13.0. The molecule has 9 heteroatoms. The van der Waals surface area contributed by atoms with Crippen molar-refractivity contribution < 1.29 is 9.53 Å². The third kappa shape index (κ3) is 5.99. The molecule has 1 saturated heterocycles. The number of fused-ring (bicyclic) bond motifs is 2. The Morgan fingerprint density at radius 3 is 2.59 bits per heavy atom. The van der Waals surface area contributed by atoms with E-state index in [4.69, 9.17) is 4.74 Å². The molecule has 196 valence electrons. The molecule has 3 heterocycles. The van der Waals surface area contributed by atoms with E-state index < -0.39 is 0 Å². The van der Waals surface area contributed by atoms with E-state index in [1.807, 2.05) is 29.5 Å². The highest BCUT2D eigenvalue weighted by Gasteiger charge is 2.20. The number of methoxy groups -OCH3 is 1. The van der Waals surface area contributed by atoms with Crippen LogP contribution in [0.1, 0.15) is 28.1 Å². The van der Waals surface area contributed by atoms with Crippen LogP contribution in [-0.4, -0.2) is 55.2 Å². The summed E-state index contributed by atoms with van der Waals surface area (Å²) in [5.41, 5.74) is 0.941. The topological polar surface area (TPSA) is 75.6 Å². The van der Waals surface area contributed by atoms with Gasteiger partial charge in [0.05, 0.1) is 18.2 Å². The summed E-state index contributed by atoms with van der Waals surface area (Å²) in [6, 6.07) is 18.3. The number of ether oxygens (including phenoxy) is 1. The summed E-state index contributed by atoms with van der Waals surface area (Å²) >= 11 is 1.86. The summed E-state index contributed by atoms with van der Waals surface area (Å²) in [6.45, 7) is 4.25. The van der Waals surface area contributed by atoms with E-state index in [9.17, 15) is 9.59 Å². The largest absolute Gasteiger partial charge is 0.497 e. The summed E-state index contributed by atoms with van der Waals surface area (Å²) in [4.78, 5) is 29.2. The van der Waals surface area contributed by atoms with Gasteiger partial charge in [0.1, 0.15) is 5.75 Å². The lowest BCUT2D eigenvalue weighted by atomic mass is 10.0. The molecule has 1 aliphatic rings. The number of nitrogens with zero attached hydrogens (tertiary/aromatic N) is 2. The van der Waals surface area contributed by atoms with Crippen molar-refractivity contribution in [2.75, 3.05) is 33.8 Å². The number of likely N-dealkylation sites (tertiary alicyclic amines) is 1. The van der Waals surface area contributed by atoms with Gasteiger partial charge in [0, 0.05) is 59.8 Å². The standard InChI is InChI=1S/C28H32N4O3S.ClH/c1-29-28(34)24-17-27(33)32(25-16-21(35-2)7-8-23(24)25)14-13-31-11-9-20(10-12-31)30-18-22-15-19-5-3-4-6-26(19)36-22;/h3-8,15-17,20,30H,9-14,18H2,1-2H3,(H,29,34);1H. The number of piperidine rings is 1. The third-order valence-corrected chi connectivity index (χ3v) is 8.18. The molecule has 5 rings (SSSR count). The SMILES string of the molecule is CNC(=O)c1cc(=O)n(CCN2CCC(NCc3cc4ccccc4s3)CC2)c2cc(OC)ccc12.Cl. The highest BCUT2D eigenvalue weighted by molar-refractivity contribution is 7.19. The summed E-state index contributed by atoms with van der Waals surface area (Å²) in [6.07, 6.45) is 2.17. The summed E-state index contributed by atoms with van der Waals surface area (Å²) < 4.78 is 8.49. The van der Waals surface area contributed by atoms with Crippen LogP contribution >= 0.6 is 23.7 Å². The number of aromatic nitrogens is 1. The Labute approximate surface area is 226 Å². The van der Waals surface area contributed by atoms with E-state index in [1.54, 1.807) is 18.7 Å². The second kappa shape index (κ2) is 12.1. The average molecular weight is 541 g/mol. The molecule has 1 amide bonds. The monoisotopic (exact) mass is 540 g/mol. The Kier molecular flexibility index (Phi) is 8.87. The maximum Gasteiger partial charge on any atom is 0.251 e. The zero-order valence-electron chi connectivity index (χ0n) is 21.2. The number of hydrogen-bond acceptors (Lipinski definition) is 6. The smallest absolute Gasteiger partial charge is 0.251 e. The van der Waals surface area contributed by atoms with E-state index in [-0.39, 0.29) is 23.9 Å². The first-order valence-corrected chi connectivity index (χ1v) is 13.2. The number of hydrogen-bond donors (Lipinski definition) is 2. The summed E-state index contributed by atoms with van der Waals surface area (Å²) in [5, 5.41) is 8.44. The molecule has 0 bridgehead atoms. The van der Waals surface area contributed by atoms with Gasteiger partial charge in [0.15, 0.2) is 0 Å². The predicted octanol–water partition coefficient (Wildman–Crippen LogP) is 4.26. The zero-order valence-corrected chi connectivity index (χ0v) is 22.8. The second-order valence-corrected chi connectivity index (χ2v) is 10.4. The highest BCUT2D eigenvalue weighted by Crippen LogP contribution is 2.26. The van der Waals surface area contributed by atoms with Crippen molar-refractivity contribution in [1.82, 2.24) is 20.1 Å². The van der Waals surface area contributed by atoms with E-state index in [2.05, 4.69) is 45.9 Å². The Morgan fingerprint density at radius 1 is 1.08 bits per heavy atom. The summed E-state index contributed by atoms with van der Waals surface area (Å²) in [7, 11) is 3.18. The molecule has 2 aromatic carbocycles. The van der Waals surface area contributed by atoms with Crippen molar-refractivity contribution in [2.24, 2.45) is 0 Å². The van der Waals surface area contributed by atoms with Crippen LogP contribution < -0.4 is 20.9 Å². The van der Waals surface area contributed by atoms with E-state index in [1.165, 1.54) is 21.0 Å². The van der Waals surface area contributed by atoms with Gasteiger partial charge in [-0.05, 0) is 55.6 Å². The molecule has 0 aliphatic carbocycles. The van der Waals surface area contributed by atoms with Gasteiger partial charge in [0.25, 0.3) is 11.5 Å². The van der Waals surface area contributed by atoms with Crippen molar-refractivity contribution in [1.29, 1.82) is 0 Å². The van der Waals surface area contributed by atoms with Crippen molar-refractivity contribution in [3.8, 4) is 5.75 Å². The lowest BCUT2D eigenvalue weighted by molar-refractivity contribution is 0.0964. The van der Waals surface area contributed by atoms with Gasteiger partial charge in [-0.15, -0.1) is 23.7 Å². The number of benzene rings is 2. The minimum Gasteiger partial charge on any atom is -0.497 e. The number of carbonyl (C=O) groups is 1. The van der Waals surface area contributed by atoms with E-state index in [0.717, 1.165) is 49.9 Å². The second-order valence-electron chi connectivity index (χ2n) is 9.26. The molecular weight excluding hydrogens is 508 g/mol. The molecular formula is C28H33ClN4O3S. The normalized spacial score (nSPS) is 14.5. The Balaban J connectivity index is 0.00000320. The Bertz CT molecular complexity index is 1410. The molecule has 0 unspecified atom stereocenters. The number of carbonyl (C=O) groups excluding carboxylic acids is 1. The van der Waals surface area contributed by atoms with Crippen molar-refractivity contribution in [2.45, 2.75) is 32.0 Å². The molecule has 2 aromatic heterocycles. The van der Waals surface area contributed by atoms with Gasteiger partial charge in [0.2, 0.25) is 0 Å². The first-order valence-electron chi connectivity index (χ1n) is 12.4. The molecule has 0 atom stereocenters. The highest BCUT2D eigenvalue weighted by atomic mass is 35.5. The average Bonchev–Trinajstić information content (AvgIpc) is 3.34. The molecule has 1 fully saturated rings. The predicted molar refractivity (Wildman–Crippen MR) is 154 cm³/mol. The van der Waals surface area contributed by atoms with Crippen molar-refractivity contribution in [3.05, 3.63) is 75.4 Å². The van der Waals surface area contributed by atoms with E-state index >= 15 is 0 Å².